The summed E-state index contributed by atoms with van der Waals surface area (Å²) in [6.07, 6.45) is 1.44. The van der Waals surface area contributed by atoms with Gasteiger partial charge < -0.3 is 19.9 Å². The van der Waals surface area contributed by atoms with Gasteiger partial charge in [-0.2, -0.15) is 0 Å². The van der Waals surface area contributed by atoms with Gasteiger partial charge in [0.1, 0.15) is 11.4 Å². The van der Waals surface area contributed by atoms with Crippen LogP contribution >= 0.6 is 0 Å². The summed E-state index contributed by atoms with van der Waals surface area (Å²) in [5.74, 6) is -1.04. The molecule has 1 aliphatic rings. The molecule has 0 saturated carbocycles. The second kappa shape index (κ2) is 5.50. The first-order valence-electron chi connectivity index (χ1n) is 6.33. The van der Waals surface area contributed by atoms with Crippen LogP contribution in [0.1, 0.15) is 30.1 Å². The molecule has 1 aliphatic heterocycles. The zero-order valence-corrected chi connectivity index (χ0v) is 11.4. The second-order valence-electron chi connectivity index (χ2n) is 4.85. The van der Waals surface area contributed by atoms with E-state index in [1.807, 2.05) is 0 Å². The highest BCUT2D eigenvalue weighted by Gasteiger charge is 2.38. The molecule has 20 heavy (non-hydrogen) atoms. The first-order valence-corrected chi connectivity index (χ1v) is 6.33. The fourth-order valence-electron chi connectivity index (χ4n) is 2.15. The Morgan fingerprint density at radius 2 is 2.20 bits per heavy atom. The van der Waals surface area contributed by atoms with Crippen molar-refractivity contribution in [3.63, 3.8) is 0 Å². The topological polar surface area (TPSA) is 84.9 Å². The van der Waals surface area contributed by atoms with Crippen LogP contribution in [0.25, 0.3) is 0 Å². The van der Waals surface area contributed by atoms with Crippen molar-refractivity contribution in [1.82, 2.24) is 0 Å². The minimum atomic E-state index is -1.13. The fraction of sp³-hybridized carbons (Fsp3) is 0.429. The van der Waals surface area contributed by atoms with Gasteiger partial charge in [0.05, 0.1) is 18.4 Å². The van der Waals surface area contributed by atoms with Crippen molar-refractivity contribution in [3.8, 4) is 5.75 Å². The normalized spacial score (nSPS) is 21.5. The Kier molecular flexibility index (Phi) is 3.94. The van der Waals surface area contributed by atoms with Crippen LogP contribution in [0.2, 0.25) is 0 Å². The summed E-state index contributed by atoms with van der Waals surface area (Å²) in [7, 11) is 1.45. The summed E-state index contributed by atoms with van der Waals surface area (Å²) in [6, 6.07) is 4.48. The van der Waals surface area contributed by atoms with Crippen molar-refractivity contribution < 1.29 is 24.2 Å². The molecule has 0 spiro atoms. The molecule has 0 bridgehead atoms. The van der Waals surface area contributed by atoms with Gasteiger partial charge in [-0.05, 0) is 38.0 Å². The average molecular weight is 279 g/mol. The average Bonchev–Trinajstić information content (AvgIpc) is 2.87. The van der Waals surface area contributed by atoms with E-state index in [0.717, 1.165) is 6.42 Å². The highest BCUT2D eigenvalue weighted by Crippen LogP contribution is 2.28. The van der Waals surface area contributed by atoms with E-state index >= 15 is 0 Å². The maximum atomic E-state index is 12.2. The van der Waals surface area contributed by atoms with Crippen LogP contribution in [-0.4, -0.2) is 36.3 Å². The van der Waals surface area contributed by atoms with Gasteiger partial charge in [0.2, 0.25) is 0 Å². The highest BCUT2D eigenvalue weighted by molar-refractivity contribution is 6.03. The fourth-order valence-corrected chi connectivity index (χ4v) is 2.15. The van der Waals surface area contributed by atoms with E-state index < -0.39 is 11.6 Å². The van der Waals surface area contributed by atoms with Crippen molar-refractivity contribution in [2.75, 3.05) is 19.0 Å². The molecule has 1 unspecified atom stereocenters. The number of anilines is 1. The van der Waals surface area contributed by atoms with Crippen LogP contribution in [0.4, 0.5) is 5.69 Å². The van der Waals surface area contributed by atoms with Crippen molar-refractivity contribution in [2.24, 2.45) is 0 Å². The van der Waals surface area contributed by atoms with Crippen LogP contribution < -0.4 is 10.1 Å². The van der Waals surface area contributed by atoms with Crippen molar-refractivity contribution in [1.29, 1.82) is 0 Å². The number of amides is 1. The standard InChI is InChI=1S/C14H17NO5/c1-14(6-3-7-20-14)13(18)15-11-5-4-9(19-2)8-10(11)12(16)17/h4-5,8H,3,6-7H2,1-2H3,(H,15,18)(H,16,17). The highest BCUT2D eigenvalue weighted by atomic mass is 16.5. The first kappa shape index (κ1) is 14.3. The van der Waals surface area contributed by atoms with Crippen LogP contribution in [0.3, 0.4) is 0 Å². The lowest BCUT2D eigenvalue weighted by atomic mass is 10.0. The van der Waals surface area contributed by atoms with Gasteiger partial charge in [0.15, 0.2) is 0 Å². The van der Waals surface area contributed by atoms with E-state index in [4.69, 9.17) is 9.47 Å². The molecule has 1 aromatic carbocycles. The predicted octanol–water partition coefficient (Wildman–Crippen LogP) is 1.90. The van der Waals surface area contributed by atoms with Crippen LogP contribution in [-0.2, 0) is 9.53 Å². The number of hydrogen-bond acceptors (Lipinski definition) is 4. The maximum Gasteiger partial charge on any atom is 0.337 e. The van der Waals surface area contributed by atoms with E-state index in [2.05, 4.69) is 5.32 Å². The summed E-state index contributed by atoms with van der Waals surface area (Å²) < 4.78 is 10.4. The molecular formula is C14H17NO5. The largest absolute Gasteiger partial charge is 0.497 e. The van der Waals surface area contributed by atoms with E-state index in [-0.39, 0.29) is 17.2 Å². The molecule has 1 atom stereocenters. The molecule has 1 fully saturated rings. The van der Waals surface area contributed by atoms with Crippen molar-refractivity contribution in [3.05, 3.63) is 23.8 Å². The Morgan fingerprint density at radius 3 is 2.75 bits per heavy atom. The smallest absolute Gasteiger partial charge is 0.337 e. The van der Waals surface area contributed by atoms with Gasteiger partial charge in [0, 0.05) is 6.61 Å². The molecule has 1 saturated heterocycles. The molecule has 2 N–H and O–H groups in total. The summed E-state index contributed by atoms with van der Waals surface area (Å²) in [5.41, 5.74) is -0.672. The molecule has 0 aliphatic carbocycles. The SMILES string of the molecule is COc1ccc(NC(=O)C2(C)CCCO2)c(C(=O)O)c1. The van der Waals surface area contributed by atoms with Crippen LogP contribution in [0.5, 0.6) is 5.75 Å². The third kappa shape index (κ3) is 2.75. The van der Waals surface area contributed by atoms with E-state index in [0.29, 0.717) is 18.8 Å². The molecular weight excluding hydrogens is 262 g/mol. The predicted molar refractivity (Wildman–Crippen MR) is 72.2 cm³/mol. The molecule has 1 aromatic rings. The number of carboxylic acid groups (broad SMARTS) is 1. The number of rotatable bonds is 4. The zero-order chi connectivity index (χ0) is 14.8. The van der Waals surface area contributed by atoms with Gasteiger partial charge in [-0.25, -0.2) is 4.79 Å². The maximum absolute atomic E-state index is 12.2. The Balaban J connectivity index is 2.24. The molecule has 0 radical (unpaired) electrons. The Hall–Kier alpha value is -2.08. The Bertz CT molecular complexity index is 534. The number of ether oxygens (including phenoxy) is 2. The van der Waals surface area contributed by atoms with Crippen LogP contribution in [0.15, 0.2) is 18.2 Å². The van der Waals surface area contributed by atoms with Crippen molar-refractivity contribution >= 4 is 17.6 Å². The van der Waals surface area contributed by atoms with Gasteiger partial charge in [-0.3, -0.25) is 4.79 Å². The van der Waals surface area contributed by atoms with E-state index in [9.17, 15) is 14.7 Å². The number of carbonyl (C=O) groups is 2. The number of nitrogens with one attached hydrogen (secondary N) is 1. The second-order valence-corrected chi connectivity index (χ2v) is 4.85. The number of methoxy groups -OCH3 is 1. The third-order valence-corrected chi connectivity index (χ3v) is 3.40. The molecule has 6 nitrogen and oxygen atoms in total. The van der Waals surface area contributed by atoms with Gasteiger partial charge >= 0.3 is 5.97 Å². The molecule has 0 aromatic heterocycles. The number of carbonyl (C=O) groups excluding carboxylic acids is 1. The Labute approximate surface area is 116 Å². The number of carboxylic acids is 1. The monoisotopic (exact) mass is 279 g/mol. The third-order valence-electron chi connectivity index (χ3n) is 3.40. The number of aromatic carboxylic acids is 1. The van der Waals surface area contributed by atoms with Crippen LogP contribution in [0, 0.1) is 0 Å². The molecule has 108 valence electrons. The van der Waals surface area contributed by atoms with Gasteiger partial charge in [-0.1, -0.05) is 0 Å². The van der Waals surface area contributed by atoms with Gasteiger partial charge in [0.25, 0.3) is 5.91 Å². The minimum absolute atomic E-state index is 0.0145. The number of hydrogen-bond donors (Lipinski definition) is 2. The lowest BCUT2D eigenvalue weighted by molar-refractivity contribution is -0.133. The lowest BCUT2D eigenvalue weighted by Gasteiger charge is -2.22. The van der Waals surface area contributed by atoms with E-state index in [1.165, 1.54) is 19.2 Å². The first-order chi connectivity index (χ1) is 9.46. The van der Waals surface area contributed by atoms with Crippen molar-refractivity contribution in [2.45, 2.75) is 25.4 Å². The molecule has 1 heterocycles. The Morgan fingerprint density at radius 1 is 1.45 bits per heavy atom. The molecule has 6 heteroatoms. The summed E-state index contributed by atoms with van der Waals surface area (Å²) >= 11 is 0. The molecule has 1 amide bonds. The zero-order valence-electron chi connectivity index (χ0n) is 11.4. The quantitative estimate of drug-likeness (QED) is 0.879. The summed E-state index contributed by atoms with van der Waals surface area (Å²) in [4.78, 5) is 23.4. The van der Waals surface area contributed by atoms with Gasteiger partial charge in [-0.15, -0.1) is 0 Å². The summed E-state index contributed by atoms with van der Waals surface area (Å²) in [6.45, 7) is 2.25. The molecule has 2 rings (SSSR count). The lowest BCUT2D eigenvalue weighted by Crippen LogP contribution is -2.39. The summed E-state index contributed by atoms with van der Waals surface area (Å²) in [5, 5.41) is 11.8. The number of benzene rings is 1. The van der Waals surface area contributed by atoms with E-state index in [1.54, 1.807) is 13.0 Å². The minimum Gasteiger partial charge on any atom is -0.497 e.